The average molecular weight is 274 g/mol. The summed E-state index contributed by atoms with van der Waals surface area (Å²) in [6.45, 7) is 10.8. The van der Waals surface area contributed by atoms with E-state index in [1.165, 1.54) is 0 Å². The van der Waals surface area contributed by atoms with E-state index < -0.39 is 0 Å². The van der Waals surface area contributed by atoms with Crippen LogP contribution in [0.5, 0.6) is 0 Å². The van der Waals surface area contributed by atoms with Crippen molar-refractivity contribution in [1.82, 2.24) is 10.2 Å². The fraction of sp³-hybridized carbons (Fsp3) is 0.588. The molecule has 1 N–H and O–H groups in total. The Morgan fingerprint density at radius 3 is 2.35 bits per heavy atom. The number of carbonyl (C=O) groups excluding carboxylic acids is 1. The molecular formula is C17H26N2O. The quantitative estimate of drug-likeness (QED) is 0.917. The van der Waals surface area contributed by atoms with Crippen molar-refractivity contribution in [2.45, 2.75) is 59.3 Å². The Labute approximate surface area is 122 Å². The first-order chi connectivity index (χ1) is 9.36. The number of amides is 1. The highest BCUT2D eigenvalue weighted by Gasteiger charge is 2.43. The molecule has 2 rings (SSSR count). The summed E-state index contributed by atoms with van der Waals surface area (Å²) < 4.78 is 0. The van der Waals surface area contributed by atoms with Crippen LogP contribution in [0.1, 0.15) is 52.6 Å². The predicted octanol–water partition coefficient (Wildman–Crippen LogP) is 3.33. The second kappa shape index (κ2) is 5.57. The van der Waals surface area contributed by atoms with Gasteiger partial charge in [-0.1, -0.05) is 58.0 Å². The van der Waals surface area contributed by atoms with Crippen LogP contribution in [-0.2, 0) is 4.79 Å². The van der Waals surface area contributed by atoms with Gasteiger partial charge in [-0.05, 0) is 24.3 Å². The van der Waals surface area contributed by atoms with Crippen LogP contribution >= 0.6 is 0 Å². The third kappa shape index (κ3) is 2.73. The summed E-state index contributed by atoms with van der Waals surface area (Å²) in [5.41, 5.74) is 1.13. The topological polar surface area (TPSA) is 32.3 Å². The lowest BCUT2D eigenvalue weighted by Gasteiger charge is -2.38. The Morgan fingerprint density at radius 2 is 1.85 bits per heavy atom. The van der Waals surface area contributed by atoms with Crippen LogP contribution in [0.4, 0.5) is 0 Å². The Hall–Kier alpha value is -1.35. The Kier molecular flexibility index (Phi) is 4.19. The molecule has 1 saturated heterocycles. The predicted molar refractivity (Wildman–Crippen MR) is 82.2 cm³/mol. The fourth-order valence-electron chi connectivity index (χ4n) is 2.72. The number of rotatable bonds is 3. The molecule has 3 atom stereocenters. The van der Waals surface area contributed by atoms with Gasteiger partial charge >= 0.3 is 0 Å². The molecule has 1 aromatic carbocycles. The average Bonchev–Trinajstić information content (AvgIpc) is 2.74. The van der Waals surface area contributed by atoms with Crippen molar-refractivity contribution >= 4 is 5.91 Å². The molecule has 0 bridgehead atoms. The van der Waals surface area contributed by atoms with Crippen molar-refractivity contribution in [3.63, 3.8) is 0 Å². The summed E-state index contributed by atoms with van der Waals surface area (Å²) in [6, 6.07) is 10.0. The van der Waals surface area contributed by atoms with Gasteiger partial charge in [0.2, 0.25) is 5.91 Å². The molecule has 0 spiro atoms. The summed E-state index contributed by atoms with van der Waals surface area (Å²) in [5.74, 6) is 0.200. The van der Waals surface area contributed by atoms with E-state index >= 15 is 0 Å². The van der Waals surface area contributed by atoms with Crippen LogP contribution < -0.4 is 5.32 Å². The Morgan fingerprint density at radius 1 is 1.25 bits per heavy atom. The smallest absolute Gasteiger partial charge is 0.245 e. The van der Waals surface area contributed by atoms with E-state index in [2.05, 4.69) is 39.9 Å². The normalized spacial score (nSPS) is 25.1. The molecule has 1 aromatic rings. The molecule has 0 aliphatic carbocycles. The summed E-state index contributed by atoms with van der Waals surface area (Å²) in [4.78, 5) is 14.9. The van der Waals surface area contributed by atoms with Gasteiger partial charge in [0, 0.05) is 6.04 Å². The standard InChI is InChI=1S/C17H26N2O/c1-6-14-18-15(13-10-8-7-9-11-13)16(20)19(14)12(2)17(3,4)5/h7-12,14-15,18H,6H2,1-5H3. The molecule has 20 heavy (non-hydrogen) atoms. The number of nitrogens with zero attached hydrogens (tertiary/aromatic N) is 1. The maximum Gasteiger partial charge on any atom is 0.245 e. The first-order valence-corrected chi connectivity index (χ1v) is 7.49. The van der Waals surface area contributed by atoms with Gasteiger partial charge in [-0.3, -0.25) is 10.1 Å². The van der Waals surface area contributed by atoms with E-state index in [9.17, 15) is 4.79 Å². The van der Waals surface area contributed by atoms with E-state index in [1.807, 2.05) is 35.2 Å². The van der Waals surface area contributed by atoms with Crippen LogP contribution in [0.2, 0.25) is 0 Å². The van der Waals surface area contributed by atoms with Crippen molar-refractivity contribution < 1.29 is 4.79 Å². The van der Waals surface area contributed by atoms with Gasteiger partial charge in [0.15, 0.2) is 0 Å². The molecule has 3 unspecified atom stereocenters. The zero-order valence-corrected chi connectivity index (χ0v) is 13.2. The lowest BCUT2D eigenvalue weighted by Crippen LogP contribution is -2.48. The summed E-state index contributed by atoms with van der Waals surface area (Å²) in [6.07, 6.45) is 1.05. The first kappa shape index (κ1) is 15.0. The molecule has 0 saturated carbocycles. The molecule has 1 fully saturated rings. The van der Waals surface area contributed by atoms with Gasteiger partial charge in [0.05, 0.1) is 6.17 Å². The first-order valence-electron chi connectivity index (χ1n) is 7.49. The summed E-state index contributed by atoms with van der Waals surface area (Å²) >= 11 is 0. The molecule has 1 amide bonds. The van der Waals surface area contributed by atoms with Crippen LogP contribution in [0, 0.1) is 5.41 Å². The highest BCUT2D eigenvalue weighted by Crippen LogP contribution is 2.33. The Bertz CT molecular complexity index is 464. The molecule has 0 radical (unpaired) electrons. The monoisotopic (exact) mass is 274 g/mol. The van der Waals surface area contributed by atoms with Crippen LogP contribution in [0.25, 0.3) is 0 Å². The lowest BCUT2D eigenvalue weighted by molar-refractivity contribution is -0.134. The van der Waals surface area contributed by atoms with Gasteiger partial charge in [0.25, 0.3) is 0 Å². The molecule has 3 nitrogen and oxygen atoms in total. The molecule has 1 heterocycles. The molecule has 1 aliphatic heterocycles. The minimum Gasteiger partial charge on any atom is -0.322 e. The van der Waals surface area contributed by atoms with Crippen molar-refractivity contribution in [3.05, 3.63) is 35.9 Å². The fourth-order valence-corrected chi connectivity index (χ4v) is 2.72. The molecule has 0 aromatic heterocycles. The molecule has 3 heteroatoms. The van der Waals surface area contributed by atoms with Crippen LogP contribution in [0.15, 0.2) is 30.3 Å². The number of hydrogen-bond acceptors (Lipinski definition) is 2. The number of hydrogen-bond donors (Lipinski definition) is 1. The van der Waals surface area contributed by atoms with Crippen molar-refractivity contribution in [2.24, 2.45) is 5.41 Å². The highest BCUT2D eigenvalue weighted by molar-refractivity contribution is 5.86. The van der Waals surface area contributed by atoms with Crippen molar-refractivity contribution in [2.75, 3.05) is 0 Å². The molecule has 110 valence electrons. The number of carbonyl (C=O) groups is 1. The van der Waals surface area contributed by atoms with E-state index in [-0.39, 0.29) is 29.6 Å². The minimum atomic E-state index is -0.203. The van der Waals surface area contributed by atoms with Gasteiger partial charge in [-0.25, -0.2) is 0 Å². The van der Waals surface area contributed by atoms with Gasteiger partial charge in [-0.15, -0.1) is 0 Å². The SMILES string of the molecule is CCC1NC(c2ccccc2)C(=O)N1C(C)C(C)(C)C. The maximum absolute atomic E-state index is 12.8. The minimum absolute atomic E-state index is 0.0797. The third-order valence-electron chi connectivity index (χ3n) is 4.39. The van der Waals surface area contributed by atoms with E-state index in [0.29, 0.717) is 0 Å². The second-order valence-corrected chi connectivity index (χ2v) is 6.72. The summed E-state index contributed by atoms with van der Waals surface area (Å²) in [5, 5.41) is 3.49. The lowest BCUT2D eigenvalue weighted by atomic mass is 9.86. The van der Waals surface area contributed by atoms with Crippen molar-refractivity contribution in [3.8, 4) is 0 Å². The van der Waals surface area contributed by atoms with Gasteiger partial charge < -0.3 is 4.90 Å². The highest BCUT2D eigenvalue weighted by atomic mass is 16.2. The molecule has 1 aliphatic rings. The van der Waals surface area contributed by atoms with Gasteiger partial charge in [0.1, 0.15) is 6.04 Å². The zero-order valence-electron chi connectivity index (χ0n) is 13.2. The van der Waals surface area contributed by atoms with E-state index in [4.69, 9.17) is 0 Å². The van der Waals surface area contributed by atoms with Crippen LogP contribution in [-0.4, -0.2) is 23.0 Å². The maximum atomic E-state index is 12.8. The third-order valence-corrected chi connectivity index (χ3v) is 4.39. The number of nitrogens with one attached hydrogen (secondary N) is 1. The Balaban J connectivity index is 2.28. The summed E-state index contributed by atoms with van der Waals surface area (Å²) in [7, 11) is 0. The molecular weight excluding hydrogens is 248 g/mol. The second-order valence-electron chi connectivity index (χ2n) is 6.72. The number of benzene rings is 1. The van der Waals surface area contributed by atoms with Gasteiger partial charge in [-0.2, -0.15) is 0 Å². The van der Waals surface area contributed by atoms with Crippen molar-refractivity contribution in [1.29, 1.82) is 0 Å². The zero-order chi connectivity index (χ0) is 14.9. The largest absolute Gasteiger partial charge is 0.322 e. The van der Waals surface area contributed by atoms with E-state index in [0.717, 1.165) is 12.0 Å². The van der Waals surface area contributed by atoms with E-state index in [1.54, 1.807) is 0 Å². The van der Waals surface area contributed by atoms with Crippen LogP contribution in [0.3, 0.4) is 0 Å².